The Hall–Kier alpha value is -2.83. The molecule has 0 aliphatic rings. The van der Waals surface area contributed by atoms with Gasteiger partial charge in [-0.05, 0) is 36.8 Å². The van der Waals surface area contributed by atoms with Gasteiger partial charge in [0.1, 0.15) is 0 Å². The zero-order valence-electron chi connectivity index (χ0n) is 13.4. The highest BCUT2D eigenvalue weighted by molar-refractivity contribution is 5.92. The number of ether oxygens (including phenoxy) is 1. The fraction of sp³-hybridized carbons (Fsp3) is 0.222. The van der Waals surface area contributed by atoms with Gasteiger partial charge in [0, 0.05) is 5.69 Å². The summed E-state index contributed by atoms with van der Waals surface area (Å²) < 4.78 is 42.2. The number of anilines is 1. The number of alkyl halides is 3. The highest BCUT2D eigenvalue weighted by Crippen LogP contribution is 2.29. The van der Waals surface area contributed by atoms with Crippen LogP contribution in [0.2, 0.25) is 0 Å². The van der Waals surface area contributed by atoms with Gasteiger partial charge in [0.25, 0.3) is 5.91 Å². The van der Waals surface area contributed by atoms with Gasteiger partial charge >= 0.3 is 12.1 Å². The minimum Gasteiger partial charge on any atom is -0.455 e. The molecule has 25 heavy (non-hydrogen) atoms. The van der Waals surface area contributed by atoms with Crippen molar-refractivity contribution in [2.24, 2.45) is 0 Å². The lowest BCUT2D eigenvalue weighted by Gasteiger charge is -2.09. The van der Waals surface area contributed by atoms with E-state index in [1.54, 1.807) is 12.1 Å². The molecule has 0 spiro atoms. The van der Waals surface area contributed by atoms with Gasteiger partial charge in [-0.15, -0.1) is 0 Å². The summed E-state index contributed by atoms with van der Waals surface area (Å²) in [7, 11) is 0. The van der Waals surface area contributed by atoms with Crippen molar-refractivity contribution in [1.29, 1.82) is 0 Å². The lowest BCUT2D eigenvalue weighted by atomic mass is 10.1. The summed E-state index contributed by atoms with van der Waals surface area (Å²) in [5.74, 6) is -1.19. The van der Waals surface area contributed by atoms with Crippen LogP contribution in [-0.2, 0) is 26.9 Å². The number of amides is 1. The molecule has 1 N–H and O–H groups in total. The molecule has 132 valence electrons. The van der Waals surface area contributed by atoms with Crippen molar-refractivity contribution in [3.8, 4) is 0 Å². The largest absolute Gasteiger partial charge is 0.455 e. The molecule has 0 saturated heterocycles. The molecular weight excluding hydrogens is 335 g/mol. The van der Waals surface area contributed by atoms with Crippen LogP contribution in [0.3, 0.4) is 0 Å². The van der Waals surface area contributed by atoms with E-state index in [4.69, 9.17) is 4.74 Å². The zero-order valence-corrected chi connectivity index (χ0v) is 13.4. The second kappa shape index (κ2) is 7.83. The first-order chi connectivity index (χ1) is 11.7. The molecule has 2 aromatic rings. The third kappa shape index (κ3) is 5.95. The van der Waals surface area contributed by atoms with Crippen LogP contribution in [-0.4, -0.2) is 18.5 Å². The summed E-state index contributed by atoms with van der Waals surface area (Å²) in [4.78, 5) is 23.4. The number of hydrogen-bond donors (Lipinski definition) is 1. The molecule has 0 aromatic heterocycles. The molecule has 0 fully saturated rings. The summed E-state index contributed by atoms with van der Waals surface area (Å²) in [6.45, 7) is 1.42. The van der Waals surface area contributed by atoms with Gasteiger partial charge in [-0.2, -0.15) is 13.2 Å². The van der Waals surface area contributed by atoms with E-state index in [2.05, 4.69) is 5.32 Å². The summed E-state index contributed by atoms with van der Waals surface area (Å²) >= 11 is 0. The molecule has 0 aliphatic carbocycles. The molecule has 0 unspecified atom stereocenters. The molecule has 0 heterocycles. The minimum atomic E-state index is -4.44. The normalized spacial score (nSPS) is 11.0. The monoisotopic (exact) mass is 351 g/mol. The van der Waals surface area contributed by atoms with E-state index >= 15 is 0 Å². The van der Waals surface area contributed by atoms with Crippen molar-refractivity contribution in [2.45, 2.75) is 19.5 Å². The van der Waals surface area contributed by atoms with E-state index in [-0.39, 0.29) is 12.1 Å². The Morgan fingerprint density at radius 3 is 2.16 bits per heavy atom. The van der Waals surface area contributed by atoms with Gasteiger partial charge in [-0.3, -0.25) is 9.59 Å². The van der Waals surface area contributed by atoms with Gasteiger partial charge in [0.05, 0.1) is 12.0 Å². The highest BCUT2D eigenvalue weighted by atomic mass is 19.4. The molecule has 4 nitrogen and oxygen atoms in total. The Balaban J connectivity index is 1.80. The number of carbonyl (C=O) groups is 2. The van der Waals surface area contributed by atoms with E-state index in [0.717, 1.165) is 35.4 Å². The van der Waals surface area contributed by atoms with Crippen LogP contribution in [0, 0.1) is 6.92 Å². The maximum absolute atomic E-state index is 12.4. The number of esters is 1. The van der Waals surface area contributed by atoms with Crippen molar-refractivity contribution >= 4 is 17.6 Å². The van der Waals surface area contributed by atoms with Gasteiger partial charge < -0.3 is 10.1 Å². The van der Waals surface area contributed by atoms with Crippen molar-refractivity contribution in [3.05, 3.63) is 65.2 Å². The Labute approximate surface area is 142 Å². The summed E-state index contributed by atoms with van der Waals surface area (Å²) in [6.07, 6.45) is -4.40. The third-order valence-electron chi connectivity index (χ3n) is 3.33. The SMILES string of the molecule is Cc1ccc(CC(=O)OCC(=O)Nc2ccc(C(F)(F)F)cc2)cc1. The molecule has 0 atom stereocenters. The number of halogens is 3. The zero-order chi connectivity index (χ0) is 18.4. The summed E-state index contributed by atoms with van der Waals surface area (Å²) in [5, 5.41) is 2.36. The van der Waals surface area contributed by atoms with Gasteiger partial charge in [0.15, 0.2) is 6.61 Å². The molecule has 0 bridgehead atoms. The Morgan fingerprint density at radius 1 is 1.00 bits per heavy atom. The third-order valence-corrected chi connectivity index (χ3v) is 3.33. The molecular formula is C18H16F3NO3. The molecule has 1 amide bonds. The van der Waals surface area contributed by atoms with Crippen molar-refractivity contribution in [3.63, 3.8) is 0 Å². The predicted octanol–water partition coefficient (Wildman–Crippen LogP) is 3.74. The maximum atomic E-state index is 12.4. The summed E-state index contributed by atoms with van der Waals surface area (Å²) in [6, 6.07) is 11.3. The first-order valence-corrected chi connectivity index (χ1v) is 7.42. The lowest BCUT2D eigenvalue weighted by molar-refractivity contribution is -0.146. The Bertz CT molecular complexity index is 738. The van der Waals surface area contributed by atoms with Crippen LogP contribution in [0.1, 0.15) is 16.7 Å². The maximum Gasteiger partial charge on any atom is 0.416 e. The molecule has 0 saturated carbocycles. The molecule has 0 radical (unpaired) electrons. The number of benzene rings is 2. The number of hydrogen-bond acceptors (Lipinski definition) is 3. The van der Waals surface area contributed by atoms with E-state index in [0.29, 0.717) is 0 Å². The fourth-order valence-electron chi connectivity index (χ4n) is 2.01. The Kier molecular flexibility index (Phi) is 5.80. The average molecular weight is 351 g/mol. The molecule has 7 heteroatoms. The average Bonchev–Trinajstić information content (AvgIpc) is 2.55. The molecule has 0 aliphatic heterocycles. The molecule has 2 rings (SSSR count). The van der Waals surface area contributed by atoms with Crippen molar-refractivity contribution in [1.82, 2.24) is 0 Å². The first kappa shape index (κ1) is 18.5. The van der Waals surface area contributed by atoms with Gasteiger partial charge in [-0.25, -0.2) is 0 Å². The van der Waals surface area contributed by atoms with Gasteiger partial charge in [0.2, 0.25) is 0 Å². The predicted molar refractivity (Wildman–Crippen MR) is 85.9 cm³/mol. The number of rotatable bonds is 5. The van der Waals surface area contributed by atoms with Crippen molar-refractivity contribution < 1.29 is 27.5 Å². The van der Waals surface area contributed by atoms with E-state index < -0.39 is 30.2 Å². The van der Waals surface area contributed by atoms with E-state index in [1.807, 2.05) is 19.1 Å². The van der Waals surface area contributed by atoms with E-state index in [1.165, 1.54) is 0 Å². The van der Waals surface area contributed by atoms with Crippen LogP contribution in [0.15, 0.2) is 48.5 Å². The highest BCUT2D eigenvalue weighted by Gasteiger charge is 2.29. The van der Waals surface area contributed by atoms with Crippen LogP contribution in [0.25, 0.3) is 0 Å². The lowest BCUT2D eigenvalue weighted by Crippen LogP contribution is -2.21. The smallest absolute Gasteiger partial charge is 0.416 e. The Morgan fingerprint density at radius 2 is 1.60 bits per heavy atom. The van der Waals surface area contributed by atoms with Crippen molar-refractivity contribution in [2.75, 3.05) is 11.9 Å². The van der Waals surface area contributed by atoms with E-state index in [9.17, 15) is 22.8 Å². The number of nitrogens with one attached hydrogen (secondary N) is 1. The molecule has 2 aromatic carbocycles. The topological polar surface area (TPSA) is 55.4 Å². The second-order valence-corrected chi connectivity index (χ2v) is 5.45. The summed E-state index contributed by atoms with van der Waals surface area (Å²) in [5.41, 5.74) is 1.20. The van der Waals surface area contributed by atoms with Gasteiger partial charge in [-0.1, -0.05) is 29.8 Å². The standard InChI is InChI=1S/C18H16F3NO3/c1-12-2-4-13(5-3-12)10-17(24)25-11-16(23)22-15-8-6-14(7-9-15)18(19,20)21/h2-9H,10-11H2,1H3,(H,22,23). The van der Waals surface area contributed by atoms with Crippen LogP contribution >= 0.6 is 0 Å². The fourth-order valence-corrected chi connectivity index (χ4v) is 2.01. The van der Waals surface area contributed by atoms with Crippen LogP contribution < -0.4 is 5.32 Å². The van der Waals surface area contributed by atoms with Crippen LogP contribution in [0.5, 0.6) is 0 Å². The number of carbonyl (C=O) groups excluding carboxylic acids is 2. The second-order valence-electron chi connectivity index (χ2n) is 5.45. The number of aryl methyl sites for hydroxylation is 1. The quantitative estimate of drug-likeness (QED) is 0.835. The van der Waals surface area contributed by atoms with Crippen LogP contribution in [0.4, 0.5) is 18.9 Å². The first-order valence-electron chi connectivity index (χ1n) is 7.42. The minimum absolute atomic E-state index is 0.0356.